The van der Waals surface area contributed by atoms with Crippen LogP contribution in [-0.4, -0.2) is 39.3 Å². The minimum Gasteiger partial charge on any atom is -0.497 e. The summed E-state index contributed by atoms with van der Waals surface area (Å²) in [6, 6.07) is 7.33. The van der Waals surface area contributed by atoms with E-state index in [1.54, 1.807) is 13.2 Å². The van der Waals surface area contributed by atoms with Crippen LogP contribution in [0, 0.1) is 5.92 Å². The monoisotopic (exact) mass is 278 g/mol. The van der Waals surface area contributed by atoms with Crippen LogP contribution in [0.3, 0.4) is 0 Å². The minimum absolute atomic E-state index is 0.0463. The molecule has 1 aliphatic heterocycles. The summed E-state index contributed by atoms with van der Waals surface area (Å²) in [5, 5.41) is 6.02. The Morgan fingerprint density at radius 2 is 2.40 bits per heavy atom. The number of ether oxygens (including phenoxy) is 2. The maximum atomic E-state index is 11.8. The Morgan fingerprint density at radius 1 is 1.50 bits per heavy atom. The topological polar surface area (TPSA) is 59.6 Å². The van der Waals surface area contributed by atoms with Crippen LogP contribution in [0.5, 0.6) is 5.75 Å². The third-order valence-electron chi connectivity index (χ3n) is 3.33. The van der Waals surface area contributed by atoms with Gasteiger partial charge in [-0.1, -0.05) is 6.07 Å². The van der Waals surface area contributed by atoms with E-state index in [4.69, 9.17) is 9.47 Å². The van der Waals surface area contributed by atoms with Gasteiger partial charge in [0.05, 0.1) is 20.3 Å². The average molecular weight is 278 g/mol. The first kappa shape index (κ1) is 14.8. The van der Waals surface area contributed by atoms with Gasteiger partial charge >= 0.3 is 0 Å². The summed E-state index contributed by atoms with van der Waals surface area (Å²) in [7, 11) is 1.61. The molecule has 1 aliphatic rings. The van der Waals surface area contributed by atoms with Crippen molar-refractivity contribution < 1.29 is 14.3 Å². The molecule has 5 heteroatoms. The second-order valence-corrected chi connectivity index (χ2v) is 4.99. The van der Waals surface area contributed by atoms with E-state index in [1.807, 2.05) is 18.2 Å². The van der Waals surface area contributed by atoms with Gasteiger partial charge in [0.2, 0.25) is 5.91 Å². The molecule has 1 atom stereocenters. The van der Waals surface area contributed by atoms with Gasteiger partial charge in [-0.25, -0.2) is 0 Å². The van der Waals surface area contributed by atoms with Crippen molar-refractivity contribution in [2.45, 2.75) is 12.8 Å². The van der Waals surface area contributed by atoms with Crippen LogP contribution in [-0.2, 0) is 9.53 Å². The number of benzene rings is 1. The van der Waals surface area contributed by atoms with E-state index >= 15 is 0 Å². The first-order valence-corrected chi connectivity index (χ1v) is 7.00. The molecule has 5 nitrogen and oxygen atoms in total. The molecule has 0 radical (unpaired) electrons. The molecule has 1 unspecified atom stereocenters. The number of anilines is 1. The Morgan fingerprint density at radius 3 is 3.15 bits per heavy atom. The summed E-state index contributed by atoms with van der Waals surface area (Å²) in [5.74, 6) is 1.21. The summed E-state index contributed by atoms with van der Waals surface area (Å²) in [6.07, 6.45) is 2.28. The number of hydrogen-bond acceptors (Lipinski definition) is 4. The smallest absolute Gasteiger partial charge is 0.238 e. The number of nitrogens with one attached hydrogen (secondary N) is 2. The molecule has 0 saturated carbocycles. The van der Waals surface area contributed by atoms with Crippen molar-refractivity contribution in [3.05, 3.63) is 24.3 Å². The van der Waals surface area contributed by atoms with Crippen molar-refractivity contribution in [1.82, 2.24) is 5.32 Å². The molecular weight excluding hydrogens is 256 g/mol. The van der Waals surface area contributed by atoms with E-state index < -0.39 is 0 Å². The van der Waals surface area contributed by atoms with Crippen molar-refractivity contribution in [2.24, 2.45) is 5.92 Å². The largest absolute Gasteiger partial charge is 0.497 e. The van der Waals surface area contributed by atoms with Gasteiger partial charge in [-0.05, 0) is 30.9 Å². The Bertz CT molecular complexity index is 431. The number of amides is 1. The Kier molecular flexibility index (Phi) is 5.83. The Balaban J connectivity index is 1.69. The summed E-state index contributed by atoms with van der Waals surface area (Å²) >= 11 is 0. The SMILES string of the molecule is COc1cccc(NC(=O)CNCC2CCCOC2)c1. The zero-order chi connectivity index (χ0) is 14.2. The van der Waals surface area contributed by atoms with E-state index in [0.717, 1.165) is 37.6 Å². The van der Waals surface area contributed by atoms with E-state index in [0.29, 0.717) is 12.5 Å². The third kappa shape index (κ3) is 4.83. The van der Waals surface area contributed by atoms with Crippen molar-refractivity contribution in [3.63, 3.8) is 0 Å². The van der Waals surface area contributed by atoms with Gasteiger partial charge < -0.3 is 20.1 Å². The Labute approximate surface area is 119 Å². The quantitative estimate of drug-likeness (QED) is 0.830. The van der Waals surface area contributed by atoms with Crippen LogP contribution in [0.15, 0.2) is 24.3 Å². The molecule has 1 fully saturated rings. The van der Waals surface area contributed by atoms with Gasteiger partial charge in [-0.3, -0.25) is 4.79 Å². The van der Waals surface area contributed by atoms with E-state index in [1.165, 1.54) is 6.42 Å². The van der Waals surface area contributed by atoms with Gasteiger partial charge in [0, 0.05) is 24.9 Å². The van der Waals surface area contributed by atoms with Crippen molar-refractivity contribution >= 4 is 11.6 Å². The second kappa shape index (κ2) is 7.87. The molecule has 2 N–H and O–H groups in total. The van der Waals surface area contributed by atoms with E-state index in [9.17, 15) is 4.79 Å². The molecule has 0 bridgehead atoms. The predicted octanol–water partition coefficient (Wildman–Crippen LogP) is 1.65. The Hall–Kier alpha value is -1.59. The highest BCUT2D eigenvalue weighted by atomic mass is 16.5. The summed E-state index contributed by atoms with van der Waals surface area (Å²) < 4.78 is 10.5. The minimum atomic E-state index is -0.0463. The summed E-state index contributed by atoms with van der Waals surface area (Å²) in [5.41, 5.74) is 0.747. The maximum absolute atomic E-state index is 11.8. The lowest BCUT2D eigenvalue weighted by atomic mass is 10.0. The fourth-order valence-electron chi connectivity index (χ4n) is 2.26. The highest BCUT2D eigenvalue weighted by Gasteiger charge is 2.13. The van der Waals surface area contributed by atoms with Crippen molar-refractivity contribution in [2.75, 3.05) is 38.7 Å². The highest BCUT2D eigenvalue weighted by Crippen LogP contribution is 2.16. The standard InChI is InChI=1S/C15H22N2O3/c1-19-14-6-2-5-13(8-14)17-15(18)10-16-9-12-4-3-7-20-11-12/h2,5-6,8,12,16H,3-4,7,9-11H2,1H3,(H,17,18). The summed E-state index contributed by atoms with van der Waals surface area (Å²) in [4.78, 5) is 11.8. The van der Waals surface area contributed by atoms with Crippen LogP contribution < -0.4 is 15.4 Å². The molecule has 1 saturated heterocycles. The number of rotatable bonds is 6. The number of hydrogen-bond donors (Lipinski definition) is 2. The van der Waals surface area contributed by atoms with Gasteiger partial charge in [0.15, 0.2) is 0 Å². The zero-order valence-electron chi connectivity index (χ0n) is 11.9. The molecule has 1 aromatic rings. The average Bonchev–Trinajstić information content (AvgIpc) is 2.48. The molecule has 2 rings (SSSR count). The molecule has 20 heavy (non-hydrogen) atoms. The van der Waals surface area contributed by atoms with Crippen LogP contribution in [0.4, 0.5) is 5.69 Å². The molecule has 0 aromatic heterocycles. The normalized spacial score (nSPS) is 18.6. The van der Waals surface area contributed by atoms with Gasteiger partial charge in [-0.2, -0.15) is 0 Å². The van der Waals surface area contributed by atoms with Crippen molar-refractivity contribution in [1.29, 1.82) is 0 Å². The lowest BCUT2D eigenvalue weighted by molar-refractivity contribution is -0.115. The van der Waals surface area contributed by atoms with Crippen LogP contribution in [0.1, 0.15) is 12.8 Å². The number of carbonyl (C=O) groups is 1. The maximum Gasteiger partial charge on any atom is 0.238 e. The fraction of sp³-hybridized carbons (Fsp3) is 0.533. The molecule has 1 heterocycles. The lowest BCUT2D eigenvalue weighted by Gasteiger charge is -2.22. The fourth-order valence-corrected chi connectivity index (χ4v) is 2.26. The predicted molar refractivity (Wildman–Crippen MR) is 78.0 cm³/mol. The summed E-state index contributed by atoms with van der Waals surface area (Å²) in [6.45, 7) is 2.80. The zero-order valence-corrected chi connectivity index (χ0v) is 11.9. The number of methoxy groups -OCH3 is 1. The third-order valence-corrected chi connectivity index (χ3v) is 3.33. The molecular formula is C15H22N2O3. The van der Waals surface area contributed by atoms with E-state index in [-0.39, 0.29) is 5.91 Å². The molecule has 1 aromatic carbocycles. The van der Waals surface area contributed by atoms with E-state index in [2.05, 4.69) is 10.6 Å². The van der Waals surface area contributed by atoms with Crippen LogP contribution >= 0.6 is 0 Å². The molecule has 0 aliphatic carbocycles. The molecule has 1 amide bonds. The first-order chi connectivity index (χ1) is 9.78. The highest BCUT2D eigenvalue weighted by molar-refractivity contribution is 5.92. The lowest BCUT2D eigenvalue weighted by Crippen LogP contribution is -2.34. The van der Waals surface area contributed by atoms with Gasteiger partial charge in [0.1, 0.15) is 5.75 Å². The van der Waals surface area contributed by atoms with Crippen LogP contribution in [0.25, 0.3) is 0 Å². The molecule has 110 valence electrons. The second-order valence-electron chi connectivity index (χ2n) is 4.99. The number of carbonyl (C=O) groups excluding carboxylic acids is 1. The van der Waals surface area contributed by atoms with Crippen molar-refractivity contribution in [3.8, 4) is 5.75 Å². The van der Waals surface area contributed by atoms with Crippen LogP contribution in [0.2, 0.25) is 0 Å². The first-order valence-electron chi connectivity index (χ1n) is 7.00. The van der Waals surface area contributed by atoms with Gasteiger partial charge in [-0.15, -0.1) is 0 Å². The molecule has 0 spiro atoms. The van der Waals surface area contributed by atoms with Gasteiger partial charge in [0.25, 0.3) is 0 Å².